The average Bonchev–Trinajstić information content (AvgIpc) is 3.05. The molecule has 1 aliphatic rings. The highest BCUT2D eigenvalue weighted by Crippen LogP contribution is 2.28. The molecule has 3 aromatic rings. The Kier molecular flexibility index (Phi) is 4.94. The van der Waals surface area contributed by atoms with E-state index in [1.807, 2.05) is 56.3 Å². The van der Waals surface area contributed by atoms with Crippen molar-refractivity contribution < 1.29 is 9.59 Å². The first-order chi connectivity index (χ1) is 14.4. The monoisotopic (exact) mass is 414 g/mol. The first-order valence-corrected chi connectivity index (χ1v) is 9.75. The Hall–Kier alpha value is -3.76. The number of aromatic nitrogens is 1. The smallest absolute Gasteiger partial charge is 0.270 e. The van der Waals surface area contributed by atoms with Crippen molar-refractivity contribution in [1.82, 2.24) is 9.88 Å². The predicted octanol–water partition coefficient (Wildman–Crippen LogP) is 3.61. The molecule has 30 heavy (non-hydrogen) atoms. The Bertz CT molecular complexity index is 1300. The van der Waals surface area contributed by atoms with Crippen LogP contribution in [-0.4, -0.2) is 21.5 Å². The van der Waals surface area contributed by atoms with Crippen molar-refractivity contribution in [3.63, 3.8) is 0 Å². The van der Waals surface area contributed by atoms with Crippen LogP contribution in [0.1, 0.15) is 16.7 Å². The Balaban J connectivity index is 1.83. The van der Waals surface area contributed by atoms with E-state index in [-0.39, 0.29) is 17.2 Å². The highest BCUT2D eigenvalue weighted by atomic mass is 32.1. The minimum atomic E-state index is -0.539. The molecular weight excluding hydrogens is 396 g/mol. The lowest BCUT2D eigenvalue weighted by Crippen LogP contribution is -2.54. The van der Waals surface area contributed by atoms with Crippen LogP contribution in [0.2, 0.25) is 0 Å². The fraction of sp³-hybridized carbons (Fsp3) is 0.130. The molecule has 0 bridgehead atoms. The standard InChI is InChI=1S/C23H18N4O2S/c1-14-7-8-19(15(2)11-14)27-22(29)18(21(28)25-23(27)30)12-16-13-26(10-9-24)20-6-4-3-5-17(16)20/h3-8,11-13H,10H2,1-2H3,(H,25,28,30)/b18-12+. The largest absolute Gasteiger partial charge is 0.333 e. The van der Waals surface area contributed by atoms with Crippen LogP contribution in [0.15, 0.2) is 54.2 Å². The topological polar surface area (TPSA) is 78.1 Å². The van der Waals surface area contributed by atoms with Gasteiger partial charge >= 0.3 is 0 Å². The number of carbonyl (C=O) groups is 2. The van der Waals surface area contributed by atoms with Gasteiger partial charge in [-0.25, -0.2) is 0 Å². The maximum absolute atomic E-state index is 13.3. The van der Waals surface area contributed by atoms with Gasteiger partial charge in [-0.3, -0.25) is 19.8 Å². The summed E-state index contributed by atoms with van der Waals surface area (Å²) in [5.74, 6) is -1.02. The van der Waals surface area contributed by atoms with Gasteiger partial charge < -0.3 is 4.57 Å². The molecule has 0 saturated carbocycles. The first kappa shape index (κ1) is 19.6. The Labute approximate surface area is 179 Å². The van der Waals surface area contributed by atoms with Crippen LogP contribution in [0.25, 0.3) is 17.0 Å². The van der Waals surface area contributed by atoms with Crippen molar-refractivity contribution in [3.05, 3.63) is 70.9 Å². The Morgan fingerprint density at radius 2 is 1.93 bits per heavy atom. The van der Waals surface area contributed by atoms with Crippen molar-refractivity contribution in [2.45, 2.75) is 20.4 Å². The summed E-state index contributed by atoms with van der Waals surface area (Å²) in [4.78, 5) is 27.3. The summed E-state index contributed by atoms with van der Waals surface area (Å²) < 4.78 is 1.79. The lowest BCUT2D eigenvalue weighted by atomic mass is 10.0. The number of anilines is 1. The van der Waals surface area contributed by atoms with Crippen LogP contribution in [-0.2, 0) is 16.1 Å². The van der Waals surface area contributed by atoms with E-state index >= 15 is 0 Å². The second-order valence-corrected chi connectivity index (χ2v) is 7.52. The number of thiocarbonyl (C=S) groups is 1. The highest BCUT2D eigenvalue weighted by Gasteiger charge is 2.35. The minimum absolute atomic E-state index is 0.0107. The zero-order valence-electron chi connectivity index (χ0n) is 16.5. The van der Waals surface area contributed by atoms with Gasteiger partial charge in [0.15, 0.2) is 5.11 Å². The van der Waals surface area contributed by atoms with Gasteiger partial charge in [0.2, 0.25) is 0 Å². The number of aryl methyl sites for hydroxylation is 2. The number of fused-ring (bicyclic) bond motifs is 1. The molecule has 148 valence electrons. The number of para-hydroxylation sites is 1. The third-order valence-electron chi connectivity index (χ3n) is 5.06. The normalized spacial score (nSPS) is 15.6. The van der Waals surface area contributed by atoms with Gasteiger partial charge in [-0.2, -0.15) is 5.26 Å². The van der Waals surface area contributed by atoms with E-state index < -0.39 is 11.8 Å². The number of rotatable bonds is 3. The van der Waals surface area contributed by atoms with Crippen LogP contribution < -0.4 is 10.2 Å². The molecule has 0 radical (unpaired) electrons. The maximum Gasteiger partial charge on any atom is 0.270 e. The van der Waals surface area contributed by atoms with E-state index in [2.05, 4.69) is 11.4 Å². The molecule has 4 rings (SSSR count). The van der Waals surface area contributed by atoms with E-state index in [9.17, 15) is 9.59 Å². The quantitative estimate of drug-likeness (QED) is 0.403. The second kappa shape index (κ2) is 7.58. The number of hydrogen-bond acceptors (Lipinski definition) is 4. The summed E-state index contributed by atoms with van der Waals surface area (Å²) in [6.07, 6.45) is 3.34. The zero-order valence-corrected chi connectivity index (χ0v) is 17.3. The highest BCUT2D eigenvalue weighted by molar-refractivity contribution is 7.80. The van der Waals surface area contributed by atoms with Crippen LogP contribution in [0.5, 0.6) is 0 Å². The van der Waals surface area contributed by atoms with E-state index in [0.29, 0.717) is 11.3 Å². The van der Waals surface area contributed by atoms with Crippen LogP contribution in [0, 0.1) is 25.2 Å². The van der Waals surface area contributed by atoms with Gasteiger partial charge in [0.1, 0.15) is 12.1 Å². The maximum atomic E-state index is 13.3. The summed E-state index contributed by atoms with van der Waals surface area (Å²) in [6.45, 7) is 4.04. The molecular formula is C23H18N4O2S. The van der Waals surface area contributed by atoms with Gasteiger partial charge in [-0.05, 0) is 49.8 Å². The zero-order chi connectivity index (χ0) is 21.4. The van der Waals surface area contributed by atoms with Crippen LogP contribution >= 0.6 is 12.2 Å². The minimum Gasteiger partial charge on any atom is -0.333 e. The number of benzene rings is 2. The van der Waals surface area contributed by atoms with Crippen molar-refractivity contribution in [1.29, 1.82) is 5.26 Å². The molecule has 1 fully saturated rings. The van der Waals surface area contributed by atoms with Crippen LogP contribution in [0.3, 0.4) is 0 Å². The average molecular weight is 414 g/mol. The number of carbonyl (C=O) groups excluding carboxylic acids is 2. The molecule has 1 aromatic heterocycles. The SMILES string of the molecule is Cc1ccc(N2C(=O)/C(=C/c3cn(CC#N)c4ccccc34)C(=O)NC2=S)c(C)c1. The molecule has 6 nitrogen and oxygen atoms in total. The molecule has 0 unspecified atom stereocenters. The molecule has 1 N–H and O–H groups in total. The van der Waals surface area contributed by atoms with Crippen molar-refractivity contribution in [2.24, 2.45) is 0 Å². The van der Waals surface area contributed by atoms with Crippen molar-refractivity contribution >= 4 is 51.8 Å². The van der Waals surface area contributed by atoms with E-state index in [1.165, 1.54) is 4.90 Å². The Morgan fingerprint density at radius 1 is 1.17 bits per heavy atom. The molecule has 0 atom stereocenters. The third-order valence-corrected chi connectivity index (χ3v) is 5.34. The summed E-state index contributed by atoms with van der Waals surface area (Å²) in [5, 5.41) is 12.6. The van der Waals surface area contributed by atoms with E-state index in [1.54, 1.807) is 16.8 Å². The lowest BCUT2D eigenvalue weighted by Gasteiger charge is -2.30. The van der Waals surface area contributed by atoms with Gasteiger partial charge in [-0.15, -0.1) is 0 Å². The fourth-order valence-corrected chi connectivity index (χ4v) is 3.96. The molecule has 2 aromatic carbocycles. The summed E-state index contributed by atoms with van der Waals surface area (Å²) in [6, 6.07) is 15.4. The summed E-state index contributed by atoms with van der Waals surface area (Å²) >= 11 is 5.29. The number of amides is 2. The van der Waals surface area contributed by atoms with E-state index in [4.69, 9.17) is 17.5 Å². The van der Waals surface area contributed by atoms with Gasteiger partial charge in [0.05, 0.1) is 11.8 Å². The number of hydrogen-bond donors (Lipinski definition) is 1. The lowest BCUT2D eigenvalue weighted by molar-refractivity contribution is -0.122. The number of nitrogens with zero attached hydrogens (tertiary/aromatic N) is 3. The first-order valence-electron chi connectivity index (χ1n) is 9.34. The molecule has 0 aliphatic carbocycles. The van der Waals surface area contributed by atoms with E-state index in [0.717, 1.165) is 22.0 Å². The molecule has 2 heterocycles. The van der Waals surface area contributed by atoms with Crippen molar-refractivity contribution in [3.8, 4) is 6.07 Å². The Morgan fingerprint density at radius 3 is 2.67 bits per heavy atom. The second-order valence-electron chi connectivity index (χ2n) is 7.14. The molecule has 0 spiro atoms. The fourth-order valence-electron chi connectivity index (χ4n) is 3.69. The van der Waals surface area contributed by atoms with Gasteiger partial charge in [-0.1, -0.05) is 35.9 Å². The predicted molar refractivity (Wildman–Crippen MR) is 120 cm³/mol. The van der Waals surface area contributed by atoms with Crippen LogP contribution in [0.4, 0.5) is 5.69 Å². The van der Waals surface area contributed by atoms with Gasteiger partial charge in [0, 0.05) is 22.7 Å². The summed E-state index contributed by atoms with van der Waals surface area (Å²) in [5.41, 5.74) is 4.12. The molecule has 1 saturated heterocycles. The van der Waals surface area contributed by atoms with Crippen molar-refractivity contribution in [2.75, 3.05) is 4.90 Å². The van der Waals surface area contributed by atoms with Gasteiger partial charge in [0.25, 0.3) is 11.8 Å². The molecule has 2 amide bonds. The molecule has 7 heteroatoms. The molecule has 1 aliphatic heterocycles. The number of nitriles is 1. The number of nitrogens with one attached hydrogen (secondary N) is 1. The summed E-state index contributed by atoms with van der Waals surface area (Å²) in [7, 11) is 0. The third kappa shape index (κ3) is 3.27.